The zero-order valence-corrected chi connectivity index (χ0v) is 15.9. The summed E-state index contributed by atoms with van der Waals surface area (Å²) in [5.74, 6) is -0.303. The van der Waals surface area contributed by atoms with Crippen molar-refractivity contribution in [2.45, 2.75) is 39.0 Å². The van der Waals surface area contributed by atoms with E-state index in [-0.39, 0.29) is 35.9 Å². The number of para-hydroxylation sites is 1. The molecule has 0 aliphatic carbocycles. The molecule has 0 radical (unpaired) electrons. The van der Waals surface area contributed by atoms with Gasteiger partial charge in [0, 0.05) is 33.0 Å². The van der Waals surface area contributed by atoms with E-state index in [4.69, 9.17) is 0 Å². The van der Waals surface area contributed by atoms with Crippen molar-refractivity contribution >= 4 is 17.5 Å². The van der Waals surface area contributed by atoms with Crippen molar-refractivity contribution in [3.63, 3.8) is 0 Å². The number of rotatable bonds is 5. The molecule has 3 rings (SSSR count). The molecule has 1 aromatic heterocycles. The van der Waals surface area contributed by atoms with Crippen LogP contribution in [0.15, 0.2) is 35.1 Å². The number of carbonyl (C=O) groups excluding carboxylic acids is 2. The van der Waals surface area contributed by atoms with Gasteiger partial charge >= 0.3 is 0 Å². The summed E-state index contributed by atoms with van der Waals surface area (Å²) < 4.78 is 3.23. The molecule has 7 nitrogen and oxygen atoms in total. The summed E-state index contributed by atoms with van der Waals surface area (Å²) in [4.78, 5) is 38.9. The van der Waals surface area contributed by atoms with Crippen LogP contribution >= 0.6 is 0 Å². The maximum absolute atomic E-state index is 12.6. The predicted octanol–water partition coefficient (Wildman–Crippen LogP) is 2.22. The number of carbonyl (C=O) groups is 2. The van der Waals surface area contributed by atoms with Crippen LogP contribution in [0.25, 0.3) is 5.69 Å². The molecule has 1 fully saturated rings. The first-order valence-corrected chi connectivity index (χ1v) is 9.40. The number of aromatic nitrogens is 2. The average Bonchev–Trinajstić information content (AvgIpc) is 2.90. The van der Waals surface area contributed by atoms with Crippen LogP contribution in [0.1, 0.15) is 37.8 Å². The van der Waals surface area contributed by atoms with Crippen LogP contribution < -0.4 is 10.9 Å². The van der Waals surface area contributed by atoms with E-state index in [1.165, 1.54) is 4.68 Å². The molecule has 0 spiro atoms. The highest BCUT2D eigenvalue weighted by Gasteiger charge is 2.20. The number of hydrogen-bond acceptors (Lipinski definition) is 3. The van der Waals surface area contributed by atoms with Gasteiger partial charge in [-0.3, -0.25) is 19.1 Å². The van der Waals surface area contributed by atoms with Gasteiger partial charge < -0.3 is 10.2 Å². The second-order valence-electron chi connectivity index (χ2n) is 6.93. The average molecular weight is 370 g/mol. The van der Waals surface area contributed by atoms with Gasteiger partial charge in [-0.15, -0.1) is 0 Å². The minimum Gasteiger partial charge on any atom is -0.343 e. The SMILES string of the molecule is Cc1c(NC(=O)CCC(=O)N2CCCCC2)c(=O)n(C)n1-c1ccccc1. The van der Waals surface area contributed by atoms with E-state index in [0.717, 1.165) is 38.0 Å². The fraction of sp³-hybridized carbons (Fsp3) is 0.450. The molecule has 1 aliphatic heterocycles. The number of amides is 2. The molecule has 144 valence electrons. The summed E-state index contributed by atoms with van der Waals surface area (Å²) >= 11 is 0. The van der Waals surface area contributed by atoms with Crippen molar-refractivity contribution in [1.29, 1.82) is 0 Å². The Morgan fingerprint density at radius 3 is 2.37 bits per heavy atom. The monoisotopic (exact) mass is 370 g/mol. The molecular weight excluding hydrogens is 344 g/mol. The second kappa shape index (κ2) is 8.24. The number of piperidine rings is 1. The molecule has 1 aromatic carbocycles. The van der Waals surface area contributed by atoms with Gasteiger partial charge in [0.05, 0.1) is 11.4 Å². The van der Waals surface area contributed by atoms with Crippen molar-refractivity contribution in [2.75, 3.05) is 18.4 Å². The third kappa shape index (κ3) is 4.13. The van der Waals surface area contributed by atoms with Gasteiger partial charge in [0.15, 0.2) is 0 Å². The van der Waals surface area contributed by atoms with Crippen LogP contribution in [0.2, 0.25) is 0 Å². The Bertz CT molecular complexity index is 877. The molecule has 7 heteroatoms. The Kier molecular flexibility index (Phi) is 5.78. The summed E-state index contributed by atoms with van der Waals surface area (Å²) in [7, 11) is 1.66. The van der Waals surface area contributed by atoms with Crippen molar-refractivity contribution in [2.24, 2.45) is 7.05 Å². The maximum atomic E-state index is 12.6. The Balaban J connectivity index is 1.68. The molecule has 1 N–H and O–H groups in total. The number of hydrogen-bond donors (Lipinski definition) is 1. The van der Waals surface area contributed by atoms with E-state index >= 15 is 0 Å². The third-order valence-electron chi connectivity index (χ3n) is 5.03. The first-order valence-electron chi connectivity index (χ1n) is 9.40. The Morgan fingerprint density at radius 1 is 1.04 bits per heavy atom. The summed E-state index contributed by atoms with van der Waals surface area (Å²) in [6.07, 6.45) is 3.46. The zero-order chi connectivity index (χ0) is 19.4. The molecule has 2 heterocycles. The topological polar surface area (TPSA) is 76.3 Å². The largest absolute Gasteiger partial charge is 0.343 e. The molecule has 1 saturated heterocycles. The lowest BCUT2D eigenvalue weighted by molar-refractivity contribution is -0.133. The number of likely N-dealkylation sites (tertiary alicyclic amines) is 1. The molecule has 1 aliphatic rings. The fourth-order valence-corrected chi connectivity index (χ4v) is 3.54. The minimum atomic E-state index is -0.314. The van der Waals surface area contributed by atoms with Gasteiger partial charge in [-0.1, -0.05) is 18.2 Å². The van der Waals surface area contributed by atoms with E-state index in [9.17, 15) is 14.4 Å². The Hall–Kier alpha value is -2.83. The normalized spacial score (nSPS) is 14.2. The van der Waals surface area contributed by atoms with Crippen molar-refractivity contribution in [3.8, 4) is 5.69 Å². The number of nitrogens with zero attached hydrogens (tertiary/aromatic N) is 3. The molecule has 27 heavy (non-hydrogen) atoms. The van der Waals surface area contributed by atoms with Gasteiger partial charge in [-0.2, -0.15) is 0 Å². The molecule has 0 atom stereocenters. The predicted molar refractivity (Wildman–Crippen MR) is 104 cm³/mol. The van der Waals surface area contributed by atoms with E-state index in [0.29, 0.717) is 5.69 Å². The lowest BCUT2D eigenvalue weighted by atomic mass is 10.1. The highest BCUT2D eigenvalue weighted by molar-refractivity contribution is 5.93. The number of benzene rings is 1. The highest BCUT2D eigenvalue weighted by atomic mass is 16.2. The van der Waals surface area contributed by atoms with Gasteiger partial charge in [0.2, 0.25) is 11.8 Å². The maximum Gasteiger partial charge on any atom is 0.290 e. The van der Waals surface area contributed by atoms with Crippen molar-refractivity contribution in [1.82, 2.24) is 14.3 Å². The molecule has 2 amide bonds. The van der Waals surface area contributed by atoms with Crippen LogP contribution in [-0.4, -0.2) is 39.2 Å². The second-order valence-corrected chi connectivity index (χ2v) is 6.93. The lowest BCUT2D eigenvalue weighted by Gasteiger charge is -2.26. The molecule has 0 bridgehead atoms. The first kappa shape index (κ1) is 18.9. The van der Waals surface area contributed by atoms with Crippen molar-refractivity contribution in [3.05, 3.63) is 46.4 Å². The van der Waals surface area contributed by atoms with Gasteiger partial charge in [0.1, 0.15) is 5.69 Å². The van der Waals surface area contributed by atoms with Gasteiger partial charge in [-0.25, -0.2) is 4.68 Å². The zero-order valence-electron chi connectivity index (χ0n) is 15.9. The van der Waals surface area contributed by atoms with E-state index < -0.39 is 0 Å². The highest BCUT2D eigenvalue weighted by Crippen LogP contribution is 2.17. The van der Waals surface area contributed by atoms with Crippen molar-refractivity contribution < 1.29 is 9.59 Å². The van der Waals surface area contributed by atoms with Crippen LogP contribution in [0.5, 0.6) is 0 Å². The van der Waals surface area contributed by atoms with Crippen LogP contribution in [0, 0.1) is 6.92 Å². The molecule has 2 aromatic rings. The van der Waals surface area contributed by atoms with E-state index in [2.05, 4.69) is 5.32 Å². The summed E-state index contributed by atoms with van der Waals surface area (Å²) in [6, 6.07) is 9.49. The summed E-state index contributed by atoms with van der Waals surface area (Å²) in [5.41, 5.74) is 1.49. The van der Waals surface area contributed by atoms with Gasteiger partial charge in [0.25, 0.3) is 5.56 Å². The quantitative estimate of drug-likeness (QED) is 0.877. The summed E-state index contributed by atoms with van der Waals surface area (Å²) in [5, 5.41) is 2.70. The van der Waals surface area contributed by atoms with E-state index in [1.807, 2.05) is 35.2 Å². The third-order valence-corrected chi connectivity index (χ3v) is 5.03. The smallest absolute Gasteiger partial charge is 0.290 e. The minimum absolute atomic E-state index is 0.0105. The van der Waals surface area contributed by atoms with E-state index in [1.54, 1.807) is 18.7 Å². The van der Waals surface area contributed by atoms with Crippen LogP contribution in [-0.2, 0) is 16.6 Å². The lowest BCUT2D eigenvalue weighted by Crippen LogP contribution is -2.36. The standard InChI is InChI=1S/C20H26N4O3/c1-15-19(20(27)22(2)24(15)16-9-5-3-6-10-16)21-17(25)11-12-18(26)23-13-7-4-8-14-23/h3,5-6,9-10H,4,7-8,11-14H2,1-2H3,(H,21,25). The molecule has 0 saturated carbocycles. The Labute approximate surface area is 158 Å². The number of nitrogens with one attached hydrogen (secondary N) is 1. The van der Waals surface area contributed by atoms with Crippen LogP contribution in [0.3, 0.4) is 0 Å². The first-order chi connectivity index (χ1) is 13.0. The molecule has 0 unspecified atom stereocenters. The van der Waals surface area contributed by atoms with Gasteiger partial charge in [-0.05, 0) is 38.3 Å². The Morgan fingerprint density at radius 2 is 1.70 bits per heavy atom. The summed E-state index contributed by atoms with van der Waals surface area (Å²) in [6.45, 7) is 3.35. The number of anilines is 1. The fourth-order valence-electron chi connectivity index (χ4n) is 3.54. The van der Waals surface area contributed by atoms with Crippen LogP contribution in [0.4, 0.5) is 5.69 Å². The molecular formula is C20H26N4O3.